The third-order valence-corrected chi connectivity index (χ3v) is 4.91. The van der Waals surface area contributed by atoms with Crippen molar-refractivity contribution in [3.05, 3.63) is 89.8 Å². The van der Waals surface area contributed by atoms with Gasteiger partial charge in [0.25, 0.3) is 5.91 Å². The number of anilines is 1. The summed E-state index contributed by atoms with van der Waals surface area (Å²) in [4.78, 5) is 25.1. The number of imidazole rings is 1. The van der Waals surface area contributed by atoms with E-state index in [9.17, 15) is 4.79 Å². The standard InChI is InChI=1S/C23H15ClN4O2/c24-15-6-3-5-14(11-15)19-12-17(16-7-1-2-8-18(16)26-19)22(29)28-23-25-13-20(27-23)21-9-4-10-30-21/h1-13H,(H2,25,27,28,29). The highest BCUT2D eigenvalue weighted by atomic mass is 35.5. The first-order chi connectivity index (χ1) is 14.7. The topological polar surface area (TPSA) is 83.8 Å². The normalized spacial score (nSPS) is 11.0. The van der Waals surface area contributed by atoms with Crippen molar-refractivity contribution in [2.24, 2.45) is 0 Å². The van der Waals surface area contributed by atoms with E-state index in [4.69, 9.17) is 21.0 Å². The molecule has 0 saturated carbocycles. The lowest BCUT2D eigenvalue weighted by Gasteiger charge is -2.10. The van der Waals surface area contributed by atoms with Crippen molar-refractivity contribution < 1.29 is 9.21 Å². The van der Waals surface area contributed by atoms with E-state index in [0.717, 1.165) is 16.5 Å². The summed E-state index contributed by atoms with van der Waals surface area (Å²) in [6.45, 7) is 0. The van der Waals surface area contributed by atoms with Gasteiger partial charge in [-0.25, -0.2) is 9.97 Å². The molecule has 2 aromatic carbocycles. The summed E-state index contributed by atoms with van der Waals surface area (Å²) in [5, 5.41) is 4.18. The minimum Gasteiger partial charge on any atom is -0.463 e. The van der Waals surface area contributed by atoms with Crippen LogP contribution >= 0.6 is 11.6 Å². The molecule has 0 aliphatic heterocycles. The van der Waals surface area contributed by atoms with Gasteiger partial charge in [-0.1, -0.05) is 41.9 Å². The Balaban J connectivity index is 1.53. The fraction of sp³-hybridized carbons (Fsp3) is 0. The molecule has 2 N–H and O–H groups in total. The molecule has 3 heterocycles. The Labute approximate surface area is 176 Å². The molecule has 0 radical (unpaired) electrons. The average Bonchev–Trinajstić information content (AvgIpc) is 3.45. The monoisotopic (exact) mass is 414 g/mol. The lowest BCUT2D eigenvalue weighted by atomic mass is 10.0. The van der Waals surface area contributed by atoms with Crippen LogP contribution in [0.4, 0.5) is 5.95 Å². The highest BCUT2D eigenvalue weighted by molar-refractivity contribution is 6.30. The van der Waals surface area contributed by atoms with Crippen LogP contribution in [0, 0.1) is 0 Å². The van der Waals surface area contributed by atoms with E-state index in [2.05, 4.69) is 15.3 Å². The fourth-order valence-corrected chi connectivity index (χ4v) is 3.47. The maximum absolute atomic E-state index is 13.1. The lowest BCUT2D eigenvalue weighted by Crippen LogP contribution is -2.14. The zero-order valence-electron chi connectivity index (χ0n) is 15.6. The number of aromatic nitrogens is 3. The summed E-state index contributed by atoms with van der Waals surface area (Å²) in [5.74, 6) is 0.675. The molecule has 1 amide bonds. The molecule has 6 nitrogen and oxygen atoms in total. The van der Waals surface area contributed by atoms with Gasteiger partial charge in [0.05, 0.1) is 29.2 Å². The number of hydrogen-bond donors (Lipinski definition) is 2. The van der Waals surface area contributed by atoms with Gasteiger partial charge in [-0.15, -0.1) is 0 Å². The van der Waals surface area contributed by atoms with Gasteiger partial charge < -0.3 is 9.40 Å². The minimum atomic E-state index is -0.294. The van der Waals surface area contributed by atoms with Crippen molar-refractivity contribution in [2.75, 3.05) is 5.32 Å². The molecule has 0 unspecified atom stereocenters. The molecular formula is C23H15ClN4O2. The number of furan rings is 1. The van der Waals surface area contributed by atoms with Crippen molar-refractivity contribution >= 4 is 34.4 Å². The third kappa shape index (κ3) is 3.44. The van der Waals surface area contributed by atoms with E-state index in [-0.39, 0.29) is 5.91 Å². The quantitative estimate of drug-likeness (QED) is 0.389. The van der Waals surface area contributed by atoms with Crippen molar-refractivity contribution in [1.29, 1.82) is 0 Å². The van der Waals surface area contributed by atoms with Crippen molar-refractivity contribution in [3.63, 3.8) is 0 Å². The molecule has 30 heavy (non-hydrogen) atoms. The van der Waals surface area contributed by atoms with Gasteiger partial charge in [0.15, 0.2) is 5.76 Å². The second kappa shape index (κ2) is 7.50. The second-order valence-corrected chi connectivity index (χ2v) is 7.10. The first kappa shape index (κ1) is 18.1. The Kier molecular flexibility index (Phi) is 4.53. The number of para-hydroxylation sites is 1. The van der Waals surface area contributed by atoms with Crippen LogP contribution in [-0.2, 0) is 0 Å². The number of nitrogens with one attached hydrogen (secondary N) is 2. The summed E-state index contributed by atoms with van der Waals surface area (Å²) < 4.78 is 5.35. The molecule has 0 aliphatic carbocycles. The molecule has 0 fully saturated rings. The fourth-order valence-electron chi connectivity index (χ4n) is 3.28. The lowest BCUT2D eigenvalue weighted by molar-refractivity contribution is 0.102. The number of H-pyrrole nitrogens is 1. The highest BCUT2D eigenvalue weighted by Gasteiger charge is 2.16. The molecular weight excluding hydrogens is 400 g/mol. The maximum Gasteiger partial charge on any atom is 0.258 e. The predicted octanol–water partition coefficient (Wildman–Crippen LogP) is 5.79. The summed E-state index contributed by atoms with van der Waals surface area (Å²) >= 11 is 6.14. The first-order valence-electron chi connectivity index (χ1n) is 9.23. The van der Waals surface area contributed by atoms with Crippen molar-refractivity contribution in [2.45, 2.75) is 0 Å². The van der Waals surface area contributed by atoms with Crippen molar-refractivity contribution in [1.82, 2.24) is 15.0 Å². The Morgan fingerprint density at radius 3 is 2.77 bits per heavy atom. The second-order valence-electron chi connectivity index (χ2n) is 6.66. The van der Waals surface area contributed by atoms with Gasteiger partial charge in [0, 0.05) is 16.0 Å². The number of hydrogen-bond acceptors (Lipinski definition) is 4. The molecule has 5 aromatic rings. The molecule has 0 atom stereocenters. The number of carbonyl (C=O) groups excluding carboxylic acids is 1. The summed E-state index contributed by atoms with van der Waals surface area (Å²) in [7, 11) is 0. The van der Waals surface area contributed by atoms with Gasteiger partial charge in [0.1, 0.15) is 5.69 Å². The molecule has 7 heteroatoms. The number of aromatic amines is 1. The number of fused-ring (bicyclic) bond motifs is 1. The number of rotatable bonds is 4. The summed E-state index contributed by atoms with van der Waals surface area (Å²) in [5.41, 5.74) is 3.38. The van der Waals surface area contributed by atoms with E-state index in [1.165, 1.54) is 0 Å². The molecule has 0 spiro atoms. The van der Waals surface area contributed by atoms with E-state index < -0.39 is 0 Å². The highest BCUT2D eigenvalue weighted by Crippen LogP contribution is 2.27. The molecule has 3 aromatic heterocycles. The van der Waals surface area contributed by atoms with Crippen LogP contribution in [-0.4, -0.2) is 20.9 Å². The number of pyridine rings is 1. The van der Waals surface area contributed by atoms with Crippen molar-refractivity contribution in [3.8, 4) is 22.7 Å². The van der Waals surface area contributed by atoms with Crippen LogP contribution in [0.1, 0.15) is 10.4 Å². The first-order valence-corrected chi connectivity index (χ1v) is 9.61. The van der Waals surface area contributed by atoms with Crippen LogP contribution in [0.3, 0.4) is 0 Å². The van der Waals surface area contributed by atoms with Gasteiger partial charge in [0.2, 0.25) is 5.95 Å². The maximum atomic E-state index is 13.1. The van der Waals surface area contributed by atoms with Crippen LogP contribution in [0.25, 0.3) is 33.6 Å². The van der Waals surface area contributed by atoms with Crippen LogP contribution in [0.5, 0.6) is 0 Å². The largest absolute Gasteiger partial charge is 0.463 e. The van der Waals surface area contributed by atoms with Gasteiger partial charge in [-0.05, 0) is 36.4 Å². The van der Waals surface area contributed by atoms with E-state index in [0.29, 0.717) is 33.7 Å². The average molecular weight is 415 g/mol. The minimum absolute atomic E-state index is 0.294. The smallest absolute Gasteiger partial charge is 0.258 e. The van der Waals surface area contributed by atoms with Crippen LogP contribution in [0.2, 0.25) is 5.02 Å². The van der Waals surface area contributed by atoms with E-state index in [1.54, 1.807) is 30.7 Å². The zero-order valence-corrected chi connectivity index (χ0v) is 16.4. The SMILES string of the molecule is O=C(Nc1ncc(-c2ccco2)[nH]1)c1cc(-c2cccc(Cl)c2)nc2ccccc12. The Bertz CT molecular complexity index is 1360. The predicted molar refractivity (Wildman–Crippen MR) is 116 cm³/mol. The van der Waals surface area contributed by atoms with Gasteiger partial charge in [-0.3, -0.25) is 10.1 Å². The molecule has 0 bridgehead atoms. The number of carbonyl (C=O) groups is 1. The number of nitrogens with zero attached hydrogens (tertiary/aromatic N) is 2. The molecule has 0 saturated heterocycles. The van der Waals surface area contributed by atoms with Crippen LogP contribution < -0.4 is 5.32 Å². The molecule has 5 rings (SSSR count). The zero-order chi connectivity index (χ0) is 20.5. The number of amides is 1. The Morgan fingerprint density at radius 1 is 1.03 bits per heavy atom. The van der Waals surface area contributed by atoms with Gasteiger partial charge >= 0.3 is 0 Å². The Morgan fingerprint density at radius 2 is 1.93 bits per heavy atom. The molecule has 146 valence electrons. The number of benzene rings is 2. The van der Waals surface area contributed by atoms with Gasteiger partial charge in [-0.2, -0.15) is 0 Å². The summed E-state index contributed by atoms with van der Waals surface area (Å²) in [6.07, 6.45) is 3.19. The van der Waals surface area contributed by atoms with E-state index >= 15 is 0 Å². The summed E-state index contributed by atoms with van der Waals surface area (Å²) in [6, 6.07) is 20.3. The van der Waals surface area contributed by atoms with E-state index in [1.807, 2.05) is 48.5 Å². The Hall–Kier alpha value is -3.90. The van der Waals surface area contributed by atoms with Crippen LogP contribution in [0.15, 0.2) is 83.6 Å². The molecule has 0 aliphatic rings. The third-order valence-electron chi connectivity index (χ3n) is 4.68. The number of halogens is 1.